The monoisotopic (exact) mass is 244 g/mol. The molecule has 0 aliphatic heterocycles. The number of benzene rings is 1. The number of nitrogens with one attached hydrogen (secondary N) is 1. The van der Waals surface area contributed by atoms with Crippen LogP contribution in [0.1, 0.15) is 18.4 Å². The molecule has 16 heavy (non-hydrogen) atoms. The zero-order chi connectivity index (χ0) is 12.0. The van der Waals surface area contributed by atoms with Crippen LogP contribution in [0.4, 0.5) is 4.39 Å². The fraction of sp³-hybridized carbons (Fsp3) is 0.364. The van der Waals surface area contributed by atoms with Crippen molar-refractivity contribution in [2.45, 2.75) is 19.4 Å². The van der Waals surface area contributed by atoms with Crippen LogP contribution in [0.5, 0.6) is 0 Å². The van der Waals surface area contributed by atoms with Gasteiger partial charge in [-0.3, -0.25) is 4.79 Å². The van der Waals surface area contributed by atoms with Crippen molar-refractivity contribution < 1.29 is 9.18 Å². The molecule has 0 unspecified atom stereocenters. The van der Waals surface area contributed by atoms with E-state index in [2.05, 4.69) is 5.32 Å². The maximum Gasteiger partial charge on any atom is 0.217 e. The second-order valence-corrected chi connectivity index (χ2v) is 3.90. The van der Waals surface area contributed by atoms with Gasteiger partial charge in [-0.25, -0.2) is 4.39 Å². The van der Waals surface area contributed by atoms with Gasteiger partial charge in [0.05, 0.1) is 5.02 Å². The first-order valence-electron chi connectivity index (χ1n) is 5.02. The lowest BCUT2D eigenvalue weighted by Gasteiger charge is -2.04. The Morgan fingerprint density at radius 3 is 2.88 bits per heavy atom. The van der Waals surface area contributed by atoms with Crippen LogP contribution in [0.15, 0.2) is 18.2 Å². The minimum Gasteiger partial charge on any atom is -0.370 e. The summed E-state index contributed by atoms with van der Waals surface area (Å²) in [6, 6.07) is 4.59. The molecule has 1 aromatic carbocycles. The molecular weight excluding hydrogens is 231 g/mol. The van der Waals surface area contributed by atoms with E-state index in [4.69, 9.17) is 17.3 Å². The van der Waals surface area contributed by atoms with Crippen molar-refractivity contribution >= 4 is 17.5 Å². The minimum atomic E-state index is -0.417. The van der Waals surface area contributed by atoms with Crippen LogP contribution in [-0.2, 0) is 11.3 Å². The van der Waals surface area contributed by atoms with Gasteiger partial charge in [-0.05, 0) is 30.7 Å². The number of halogens is 2. The molecule has 0 saturated heterocycles. The zero-order valence-electron chi connectivity index (χ0n) is 8.80. The molecule has 0 aromatic heterocycles. The van der Waals surface area contributed by atoms with Gasteiger partial charge < -0.3 is 11.1 Å². The Morgan fingerprint density at radius 1 is 1.50 bits per heavy atom. The van der Waals surface area contributed by atoms with Gasteiger partial charge in [0.15, 0.2) is 0 Å². The molecule has 3 nitrogen and oxygen atoms in total. The quantitative estimate of drug-likeness (QED) is 0.751. The van der Waals surface area contributed by atoms with Crippen LogP contribution in [0.3, 0.4) is 0 Å². The van der Waals surface area contributed by atoms with E-state index in [1.165, 1.54) is 6.07 Å². The molecule has 1 amide bonds. The van der Waals surface area contributed by atoms with Crippen LogP contribution in [0.25, 0.3) is 0 Å². The molecule has 0 atom stereocenters. The smallest absolute Gasteiger partial charge is 0.217 e. The third-order valence-electron chi connectivity index (χ3n) is 2.09. The number of carbonyl (C=O) groups is 1. The van der Waals surface area contributed by atoms with Crippen LogP contribution < -0.4 is 11.1 Å². The summed E-state index contributed by atoms with van der Waals surface area (Å²) in [5.74, 6) is -0.717. The lowest BCUT2D eigenvalue weighted by Crippen LogP contribution is -2.18. The number of hydrogen-bond donors (Lipinski definition) is 2. The standard InChI is InChI=1S/C11H14ClFN2O/c12-9-6-8(3-4-10(9)13)7-15-5-1-2-11(14)16/h3-4,6,15H,1-2,5,7H2,(H2,14,16). The van der Waals surface area contributed by atoms with Crippen molar-refractivity contribution in [3.63, 3.8) is 0 Å². The van der Waals surface area contributed by atoms with Gasteiger partial charge >= 0.3 is 0 Å². The normalized spacial score (nSPS) is 10.4. The number of primary amides is 1. The molecule has 0 radical (unpaired) electrons. The van der Waals surface area contributed by atoms with Crippen molar-refractivity contribution in [1.82, 2.24) is 5.32 Å². The second kappa shape index (κ2) is 6.45. The molecule has 0 aliphatic rings. The summed E-state index contributed by atoms with van der Waals surface area (Å²) in [6.07, 6.45) is 1.07. The minimum absolute atomic E-state index is 0.122. The predicted molar refractivity (Wildman–Crippen MR) is 61.5 cm³/mol. The average Bonchev–Trinajstić information content (AvgIpc) is 2.22. The van der Waals surface area contributed by atoms with Gasteiger partial charge in [-0.1, -0.05) is 17.7 Å². The molecule has 0 saturated carbocycles. The molecule has 0 bridgehead atoms. The van der Waals surface area contributed by atoms with Crippen molar-refractivity contribution in [2.75, 3.05) is 6.54 Å². The molecule has 5 heteroatoms. The second-order valence-electron chi connectivity index (χ2n) is 3.50. The van der Waals surface area contributed by atoms with Crippen molar-refractivity contribution in [2.24, 2.45) is 5.73 Å². The van der Waals surface area contributed by atoms with E-state index in [-0.39, 0.29) is 10.9 Å². The highest BCUT2D eigenvalue weighted by molar-refractivity contribution is 6.30. The fourth-order valence-corrected chi connectivity index (χ4v) is 1.47. The highest BCUT2D eigenvalue weighted by atomic mass is 35.5. The van der Waals surface area contributed by atoms with Crippen LogP contribution in [0, 0.1) is 5.82 Å². The molecule has 3 N–H and O–H groups in total. The van der Waals surface area contributed by atoms with Crippen molar-refractivity contribution in [1.29, 1.82) is 0 Å². The van der Waals surface area contributed by atoms with Gasteiger partial charge in [0.25, 0.3) is 0 Å². The van der Waals surface area contributed by atoms with Gasteiger partial charge in [0.2, 0.25) is 5.91 Å². The van der Waals surface area contributed by atoms with Crippen LogP contribution >= 0.6 is 11.6 Å². The largest absolute Gasteiger partial charge is 0.370 e. The SMILES string of the molecule is NC(=O)CCCNCc1ccc(F)c(Cl)c1. The Bertz CT molecular complexity index is 371. The Kier molecular flexibility index (Phi) is 5.22. The summed E-state index contributed by atoms with van der Waals surface area (Å²) < 4.78 is 12.8. The molecule has 0 fully saturated rings. The topological polar surface area (TPSA) is 55.1 Å². The summed E-state index contributed by atoms with van der Waals surface area (Å²) in [5, 5.41) is 3.24. The van der Waals surface area contributed by atoms with Gasteiger partial charge in [-0.2, -0.15) is 0 Å². The molecule has 0 spiro atoms. The lowest BCUT2D eigenvalue weighted by atomic mass is 10.2. The van der Waals surface area contributed by atoms with Crippen LogP contribution in [0.2, 0.25) is 5.02 Å². The molecule has 88 valence electrons. The highest BCUT2D eigenvalue weighted by Crippen LogP contribution is 2.15. The highest BCUT2D eigenvalue weighted by Gasteiger charge is 2.00. The van der Waals surface area contributed by atoms with E-state index in [9.17, 15) is 9.18 Å². The van der Waals surface area contributed by atoms with E-state index in [0.717, 1.165) is 5.56 Å². The van der Waals surface area contributed by atoms with Crippen molar-refractivity contribution in [3.8, 4) is 0 Å². The third kappa shape index (κ3) is 4.59. The first kappa shape index (κ1) is 12.9. The Labute approximate surface area is 98.8 Å². The lowest BCUT2D eigenvalue weighted by molar-refractivity contribution is -0.118. The van der Waals surface area contributed by atoms with E-state index < -0.39 is 5.82 Å². The van der Waals surface area contributed by atoms with Gasteiger partial charge in [-0.15, -0.1) is 0 Å². The molecule has 0 aliphatic carbocycles. The number of amides is 1. The van der Waals surface area contributed by atoms with Crippen LogP contribution in [-0.4, -0.2) is 12.5 Å². The number of carbonyl (C=O) groups excluding carboxylic acids is 1. The maximum absolute atomic E-state index is 12.8. The molecule has 0 heterocycles. The van der Waals surface area contributed by atoms with E-state index in [1.54, 1.807) is 12.1 Å². The summed E-state index contributed by atoms with van der Waals surface area (Å²) in [7, 11) is 0. The summed E-state index contributed by atoms with van der Waals surface area (Å²) in [5.41, 5.74) is 5.90. The van der Waals surface area contributed by atoms with Crippen molar-refractivity contribution in [3.05, 3.63) is 34.6 Å². The van der Waals surface area contributed by atoms with Gasteiger partial charge in [0, 0.05) is 13.0 Å². The number of nitrogens with two attached hydrogens (primary N) is 1. The number of rotatable bonds is 6. The zero-order valence-corrected chi connectivity index (χ0v) is 9.56. The van der Waals surface area contributed by atoms with E-state index in [1.807, 2.05) is 0 Å². The third-order valence-corrected chi connectivity index (χ3v) is 2.38. The Hall–Kier alpha value is -1.13. The maximum atomic E-state index is 12.8. The summed E-state index contributed by atoms with van der Waals surface area (Å²) in [6.45, 7) is 1.29. The summed E-state index contributed by atoms with van der Waals surface area (Å²) in [4.78, 5) is 10.4. The Morgan fingerprint density at radius 2 is 2.25 bits per heavy atom. The van der Waals surface area contributed by atoms with Gasteiger partial charge in [0.1, 0.15) is 5.82 Å². The fourth-order valence-electron chi connectivity index (χ4n) is 1.27. The summed E-state index contributed by atoms with van der Waals surface area (Å²) >= 11 is 5.63. The predicted octanol–water partition coefficient (Wildman–Crippen LogP) is 1.83. The first-order valence-corrected chi connectivity index (χ1v) is 5.40. The van der Waals surface area contributed by atoms with E-state index in [0.29, 0.717) is 25.9 Å². The molecular formula is C11H14ClFN2O. The van der Waals surface area contributed by atoms with E-state index >= 15 is 0 Å². The number of hydrogen-bond acceptors (Lipinski definition) is 2. The molecule has 1 aromatic rings. The first-order chi connectivity index (χ1) is 7.59. The molecule has 1 rings (SSSR count). The average molecular weight is 245 g/mol. The Balaban J connectivity index is 2.27.